The Morgan fingerprint density at radius 1 is 1.13 bits per heavy atom. The first-order valence-electron chi connectivity index (χ1n) is 7.19. The van der Waals surface area contributed by atoms with E-state index >= 15 is 0 Å². The lowest BCUT2D eigenvalue weighted by Crippen LogP contribution is -2.12. The predicted molar refractivity (Wildman–Crippen MR) is 86.7 cm³/mol. The smallest absolute Gasteiger partial charge is 0.248 e. The van der Waals surface area contributed by atoms with E-state index in [4.69, 9.17) is 10.2 Å². The standard InChI is InChI=1S/C17H16N4O2/c1-11(19-14-9-5-8-13(10-14)15(18)22)16-20-21-17(23-16)12-6-3-2-4-7-12/h2-11,19H,1H3,(H2,18,22)/t11-/m1/s1. The SMILES string of the molecule is C[C@@H](Nc1cccc(C(N)=O)c1)c1nnc(-c2ccccc2)o1. The van der Waals surface area contributed by atoms with E-state index in [9.17, 15) is 4.79 Å². The molecule has 0 radical (unpaired) electrons. The lowest BCUT2D eigenvalue weighted by atomic mass is 10.2. The molecule has 3 aromatic rings. The van der Waals surface area contributed by atoms with Gasteiger partial charge in [0, 0.05) is 16.8 Å². The molecule has 1 atom stereocenters. The van der Waals surface area contributed by atoms with Crippen molar-refractivity contribution in [2.75, 3.05) is 5.32 Å². The van der Waals surface area contributed by atoms with Crippen molar-refractivity contribution in [2.24, 2.45) is 5.73 Å². The third kappa shape index (κ3) is 3.37. The Morgan fingerprint density at radius 3 is 2.65 bits per heavy atom. The van der Waals surface area contributed by atoms with Crippen LogP contribution in [-0.4, -0.2) is 16.1 Å². The third-order valence-electron chi connectivity index (χ3n) is 3.36. The van der Waals surface area contributed by atoms with Crippen molar-refractivity contribution in [3.8, 4) is 11.5 Å². The summed E-state index contributed by atoms with van der Waals surface area (Å²) < 4.78 is 5.71. The second kappa shape index (κ2) is 6.31. The molecule has 6 heteroatoms. The molecule has 1 aromatic heterocycles. The minimum Gasteiger partial charge on any atom is -0.418 e. The van der Waals surface area contributed by atoms with Gasteiger partial charge in [0.2, 0.25) is 17.7 Å². The van der Waals surface area contributed by atoms with Gasteiger partial charge < -0.3 is 15.5 Å². The Hall–Kier alpha value is -3.15. The number of aromatic nitrogens is 2. The van der Waals surface area contributed by atoms with E-state index in [1.807, 2.05) is 43.3 Å². The second-order valence-electron chi connectivity index (χ2n) is 5.12. The number of nitrogens with two attached hydrogens (primary N) is 1. The number of primary amides is 1. The number of anilines is 1. The highest BCUT2D eigenvalue weighted by Crippen LogP contribution is 2.23. The van der Waals surface area contributed by atoms with Crippen molar-refractivity contribution in [1.82, 2.24) is 10.2 Å². The van der Waals surface area contributed by atoms with Gasteiger partial charge >= 0.3 is 0 Å². The minimum atomic E-state index is -0.467. The number of hydrogen-bond acceptors (Lipinski definition) is 5. The van der Waals surface area contributed by atoms with Crippen LogP contribution in [-0.2, 0) is 0 Å². The van der Waals surface area contributed by atoms with Crippen LogP contribution in [0, 0.1) is 0 Å². The summed E-state index contributed by atoms with van der Waals surface area (Å²) in [6, 6.07) is 16.3. The number of benzene rings is 2. The van der Waals surface area contributed by atoms with Crippen LogP contribution in [0.3, 0.4) is 0 Å². The maximum absolute atomic E-state index is 11.2. The van der Waals surface area contributed by atoms with Crippen molar-refractivity contribution in [3.05, 3.63) is 66.1 Å². The van der Waals surface area contributed by atoms with Crippen LogP contribution >= 0.6 is 0 Å². The fraction of sp³-hybridized carbons (Fsp3) is 0.118. The first-order valence-corrected chi connectivity index (χ1v) is 7.19. The Labute approximate surface area is 133 Å². The summed E-state index contributed by atoms with van der Waals surface area (Å²) in [7, 11) is 0. The molecular weight excluding hydrogens is 292 g/mol. The monoisotopic (exact) mass is 308 g/mol. The fourth-order valence-electron chi connectivity index (χ4n) is 2.18. The molecule has 0 bridgehead atoms. The molecule has 6 nitrogen and oxygen atoms in total. The summed E-state index contributed by atoms with van der Waals surface area (Å²) in [5.74, 6) is 0.471. The molecular formula is C17H16N4O2. The van der Waals surface area contributed by atoms with E-state index in [-0.39, 0.29) is 6.04 Å². The van der Waals surface area contributed by atoms with Crippen LogP contribution in [0.1, 0.15) is 29.2 Å². The predicted octanol–water partition coefficient (Wildman–Crippen LogP) is 3.01. The van der Waals surface area contributed by atoms with E-state index in [0.29, 0.717) is 17.3 Å². The molecule has 3 rings (SSSR count). The average Bonchev–Trinajstić information content (AvgIpc) is 3.06. The van der Waals surface area contributed by atoms with Gasteiger partial charge in [0.15, 0.2) is 0 Å². The summed E-state index contributed by atoms with van der Waals surface area (Å²) in [4.78, 5) is 11.2. The van der Waals surface area contributed by atoms with Gasteiger partial charge in [0.05, 0.1) is 0 Å². The molecule has 0 aliphatic carbocycles. The number of nitrogens with zero attached hydrogens (tertiary/aromatic N) is 2. The quantitative estimate of drug-likeness (QED) is 0.755. The topological polar surface area (TPSA) is 94.0 Å². The number of amides is 1. The maximum atomic E-state index is 11.2. The van der Waals surface area contributed by atoms with Gasteiger partial charge in [-0.3, -0.25) is 4.79 Å². The molecule has 0 unspecified atom stereocenters. The van der Waals surface area contributed by atoms with E-state index < -0.39 is 5.91 Å². The zero-order valence-electron chi connectivity index (χ0n) is 12.6. The minimum absolute atomic E-state index is 0.205. The zero-order chi connectivity index (χ0) is 16.2. The summed E-state index contributed by atoms with van der Waals surface area (Å²) in [6.07, 6.45) is 0. The summed E-state index contributed by atoms with van der Waals surface area (Å²) in [6.45, 7) is 1.90. The molecule has 23 heavy (non-hydrogen) atoms. The van der Waals surface area contributed by atoms with E-state index in [1.54, 1.807) is 18.2 Å². The molecule has 0 fully saturated rings. The Bertz CT molecular complexity index is 814. The molecule has 2 aromatic carbocycles. The van der Waals surface area contributed by atoms with Gasteiger partial charge in [0.25, 0.3) is 0 Å². The lowest BCUT2D eigenvalue weighted by molar-refractivity contribution is 0.100. The Kier molecular flexibility index (Phi) is 4.05. The summed E-state index contributed by atoms with van der Waals surface area (Å²) in [5.41, 5.74) is 7.35. The Balaban J connectivity index is 1.76. The number of nitrogens with one attached hydrogen (secondary N) is 1. The summed E-state index contributed by atoms with van der Waals surface area (Å²) in [5, 5.41) is 11.4. The molecule has 3 N–H and O–H groups in total. The maximum Gasteiger partial charge on any atom is 0.248 e. The highest BCUT2D eigenvalue weighted by atomic mass is 16.4. The molecule has 1 amide bonds. The van der Waals surface area contributed by atoms with Gasteiger partial charge in [-0.25, -0.2) is 0 Å². The van der Waals surface area contributed by atoms with Crippen LogP contribution in [0.4, 0.5) is 5.69 Å². The van der Waals surface area contributed by atoms with Gasteiger partial charge in [-0.05, 0) is 37.3 Å². The summed E-state index contributed by atoms with van der Waals surface area (Å²) >= 11 is 0. The van der Waals surface area contributed by atoms with Crippen molar-refractivity contribution in [3.63, 3.8) is 0 Å². The van der Waals surface area contributed by atoms with Gasteiger partial charge in [-0.1, -0.05) is 24.3 Å². The van der Waals surface area contributed by atoms with Crippen LogP contribution in [0.15, 0.2) is 59.0 Å². The van der Waals surface area contributed by atoms with E-state index in [2.05, 4.69) is 15.5 Å². The molecule has 0 spiro atoms. The van der Waals surface area contributed by atoms with E-state index in [0.717, 1.165) is 11.3 Å². The van der Waals surface area contributed by atoms with Crippen molar-refractivity contribution >= 4 is 11.6 Å². The lowest BCUT2D eigenvalue weighted by Gasteiger charge is -2.11. The fourth-order valence-corrected chi connectivity index (χ4v) is 2.18. The highest BCUT2D eigenvalue weighted by Gasteiger charge is 2.15. The average molecular weight is 308 g/mol. The van der Waals surface area contributed by atoms with Crippen LogP contribution < -0.4 is 11.1 Å². The molecule has 0 saturated heterocycles. The van der Waals surface area contributed by atoms with Crippen molar-refractivity contribution in [1.29, 1.82) is 0 Å². The second-order valence-corrected chi connectivity index (χ2v) is 5.12. The third-order valence-corrected chi connectivity index (χ3v) is 3.36. The number of rotatable bonds is 5. The van der Waals surface area contributed by atoms with Crippen LogP contribution in [0.2, 0.25) is 0 Å². The number of carbonyl (C=O) groups is 1. The molecule has 0 saturated carbocycles. The first-order chi connectivity index (χ1) is 11.1. The van der Waals surface area contributed by atoms with Gasteiger partial charge in [-0.15, -0.1) is 10.2 Å². The van der Waals surface area contributed by atoms with Gasteiger partial charge in [0.1, 0.15) is 6.04 Å². The normalized spacial score (nSPS) is 11.9. The van der Waals surface area contributed by atoms with Crippen molar-refractivity contribution < 1.29 is 9.21 Å². The van der Waals surface area contributed by atoms with E-state index in [1.165, 1.54) is 0 Å². The Morgan fingerprint density at radius 2 is 1.91 bits per heavy atom. The molecule has 0 aliphatic heterocycles. The largest absolute Gasteiger partial charge is 0.418 e. The van der Waals surface area contributed by atoms with Crippen LogP contribution in [0.5, 0.6) is 0 Å². The zero-order valence-corrected chi connectivity index (χ0v) is 12.6. The van der Waals surface area contributed by atoms with Crippen molar-refractivity contribution in [2.45, 2.75) is 13.0 Å². The van der Waals surface area contributed by atoms with Crippen LogP contribution in [0.25, 0.3) is 11.5 Å². The molecule has 1 heterocycles. The molecule has 0 aliphatic rings. The molecule has 116 valence electrons. The number of hydrogen-bond donors (Lipinski definition) is 2. The first kappa shape index (κ1) is 14.8. The highest BCUT2D eigenvalue weighted by molar-refractivity contribution is 5.93. The number of carbonyl (C=O) groups excluding carboxylic acids is 1. The van der Waals surface area contributed by atoms with Gasteiger partial charge in [-0.2, -0.15) is 0 Å².